The summed E-state index contributed by atoms with van der Waals surface area (Å²) >= 11 is 0. The van der Waals surface area contributed by atoms with Crippen molar-refractivity contribution in [1.82, 2.24) is 10.6 Å². The van der Waals surface area contributed by atoms with Crippen LogP contribution >= 0.6 is 0 Å². The molecule has 2 aromatic carbocycles. The second-order valence-electron chi connectivity index (χ2n) is 6.59. The lowest BCUT2D eigenvalue weighted by Crippen LogP contribution is -2.46. The summed E-state index contributed by atoms with van der Waals surface area (Å²) in [5.41, 5.74) is 2.17. The molecule has 0 radical (unpaired) electrons. The SMILES string of the molecule is CN=C(NCC(=O)N1CCc2ccccc21)NCC(C)Oc1ccccc1F. The summed E-state index contributed by atoms with van der Waals surface area (Å²) in [6.45, 7) is 3.07. The second-order valence-corrected chi connectivity index (χ2v) is 6.59. The normalized spacial score (nSPS) is 14.4. The van der Waals surface area contributed by atoms with Gasteiger partial charge in [0, 0.05) is 19.3 Å². The molecule has 0 spiro atoms. The Morgan fingerprint density at radius 3 is 2.75 bits per heavy atom. The van der Waals surface area contributed by atoms with Crippen molar-refractivity contribution in [1.29, 1.82) is 0 Å². The van der Waals surface area contributed by atoms with E-state index in [9.17, 15) is 9.18 Å². The molecule has 0 saturated heterocycles. The van der Waals surface area contributed by atoms with Crippen molar-refractivity contribution in [2.24, 2.45) is 4.99 Å². The lowest BCUT2D eigenvalue weighted by atomic mass is 10.2. The third-order valence-electron chi connectivity index (χ3n) is 4.54. The molecule has 1 amide bonds. The quantitative estimate of drug-likeness (QED) is 0.593. The van der Waals surface area contributed by atoms with Crippen LogP contribution in [-0.4, -0.2) is 44.7 Å². The highest BCUT2D eigenvalue weighted by molar-refractivity contribution is 5.98. The molecule has 1 aliphatic heterocycles. The van der Waals surface area contributed by atoms with Crippen LogP contribution in [-0.2, 0) is 11.2 Å². The first-order valence-electron chi connectivity index (χ1n) is 9.32. The number of aliphatic imine (C=N–C) groups is 1. The molecule has 148 valence electrons. The van der Waals surface area contributed by atoms with Gasteiger partial charge < -0.3 is 20.3 Å². The standard InChI is InChI=1S/C21H25FN4O2/c1-15(28-19-10-6-4-8-17(19)22)13-24-21(23-2)25-14-20(27)26-12-11-16-7-3-5-9-18(16)26/h3-10,15H,11-14H2,1-2H3,(H2,23,24,25). The van der Waals surface area contributed by atoms with Crippen LogP contribution in [0.4, 0.5) is 10.1 Å². The number of nitrogens with zero attached hydrogens (tertiary/aromatic N) is 2. The number of anilines is 1. The number of benzene rings is 2. The van der Waals surface area contributed by atoms with Crippen molar-refractivity contribution in [3.05, 3.63) is 59.9 Å². The second kappa shape index (κ2) is 9.21. The van der Waals surface area contributed by atoms with Crippen molar-refractivity contribution in [2.75, 3.05) is 31.6 Å². The van der Waals surface area contributed by atoms with E-state index in [1.807, 2.05) is 31.2 Å². The molecule has 28 heavy (non-hydrogen) atoms. The maximum atomic E-state index is 13.7. The molecular weight excluding hydrogens is 359 g/mol. The van der Waals surface area contributed by atoms with Gasteiger partial charge in [-0.05, 0) is 37.1 Å². The third kappa shape index (κ3) is 4.79. The van der Waals surface area contributed by atoms with Crippen LogP contribution in [0, 0.1) is 5.82 Å². The van der Waals surface area contributed by atoms with Gasteiger partial charge in [-0.1, -0.05) is 30.3 Å². The maximum absolute atomic E-state index is 13.7. The van der Waals surface area contributed by atoms with Crippen molar-refractivity contribution >= 4 is 17.6 Å². The number of para-hydroxylation sites is 2. The first-order valence-corrected chi connectivity index (χ1v) is 9.32. The summed E-state index contributed by atoms with van der Waals surface area (Å²) in [7, 11) is 1.63. The third-order valence-corrected chi connectivity index (χ3v) is 4.54. The van der Waals surface area contributed by atoms with Crippen LogP contribution in [0.25, 0.3) is 0 Å². The van der Waals surface area contributed by atoms with Gasteiger partial charge in [-0.25, -0.2) is 4.39 Å². The number of ether oxygens (including phenoxy) is 1. The van der Waals surface area contributed by atoms with E-state index in [1.54, 1.807) is 30.1 Å². The van der Waals surface area contributed by atoms with Crippen LogP contribution in [0.5, 0.6) is 5.75 Å². The van der Waals surface area contributed by atoms with E-state index in [2.05, 4.69) is 15.6 Å². The molecule has 2 N–H and O–H groups in total. The number of guanidine groups is 1. The predicted octanol–water partition coefficient (Wildman–Crippen LogP) is 2.35. The number of halogens is 1. The van der Waals surface area contributed by atoms with E-state index >= 15 is 0 Å². The minimum absolute atomic E-state index is 0.0106. The summed E-state index contributed by atoms with van der Waals surface area (Å²) in [6.07, 6.45) is 0.594. The van der Waals surface area contributed by atoms with Crippen molar-refractivity contribution < 1.29 is 13.9 Å². The number of hydrogen-bond acceptors (Lipinski definition) is 3. The first kappa shape index (κ1) is 19.7. The number of fused-ring (bicyclic) bond motifs is 1. The Morgan fingerprint density at radius 2 is 1.96 bits per heavy atom. The number of rotatable bonds is 6. The Balaban J connectivity index is 1.46. The fraction of sp³-hybridized carbons (Fsp3) is 0.333. The summed E-state index contributed by atoms with van der Waals surface area (Å²) in [5, 5.41) is 6.12. The molecule has 7 heteroatoms. The minimum Gasteiger partial charge on any atom is -0.486 e. The van der Waals surface area contributed by atoms with Crippen LogP contribution in [0.15, 0.2) is 53.5 Å². The van der Waals surface area contributed by atoms with Gasteiger partial charge >= 0.3 is 0 Å². The summed E-state index contributed by atoms with van der Waals surface area (Å²) < 4.78 is 19.2. The maximum Gasteiger partial charge on any atom is 0.246 e. The van der Waals surface area contributed by atoms with Gasteiger partial charge in [0.2, 0.25) is 5.91 Å². The molecule has 0 aromatic heterocycles. The molecule has 1 unspecified atom stereocenters. The summed E-state index contributed by atoms with van der Waals surface area (Å²) in [6, 6.07) is 14.2. The Labute approximate surface area is 164 Å². The van der Waals surface area contributed by atoms with Crippen LogP contribution in [0.3, 0.4) is 0 Å². The Morgan fingerprint density at radius 1 is 1.21 bits per heavy atom. The first-order chi connectivity index (χ1) is 13.6. The van der Waals surface area contributed by atoms with Crippen LogP contribution < -0.4 is 20.3 Å². The van der Waals surface area contributed by atoms with Gasteiger partial charge in [-0.2, -0.15) is 0 Å². The van der Waals surface area contributed by atoms with E-state index in [0.717, 1.165) is 12.1 Å². The number of carbonyl (C=O) groups is 1. The lowest BCUT2D eigenvalue weighted by molar-refractivity contribution is -0.117. The molecule has 0 fully saturated rings. The Hall–Kier alpha value is -3.09. The Bertz CT molecular complexity index is 856. The molecule has 0 aliphatic carbocycles. The van der Waals surface area contributed by atoms with E-state index in [1.165, 1.54) is 11.6 Å². The topological polar surface area (TPSA) is 66.0 Å². The molecule has 1 heterocycles. The van der Waals surface area contributed by atoms with Crippen molar-refractivity contribution in [3.63, 3.8) is 0 Å². The summed E-state index contributed by atoms with van der Waals surface area (Å²) in [4.78, 5) is 18.5. The molecular formula is C21H25FN4O2. The number of nitrogens with one attached hydrogen (secondary N) is 2. The molecule has 1 aliphatic rings. The molecule has 6 nitrogen and oxygen atoms in total. The van der Waals surface area contributed by atoms with Gasteiger partial charge in [-0.15, -0.1) is 0 Å². The summed E-state index contributed by atoms with van der Waals surface area (Å²) in [5.74, 6) is 0.296. The largest absolute Gasteiger partial charge is 0.486 e. The highest BCUT2D eigenvalue weighted by atomic mass is 19.1. The molecule has 1 atom stereocenters. The van der Waals surface area contributed by atoms with Crippen LogP contribution in [0.1, 0.15) is 12.5 Å². The zero-order valence-electron chi connectivity index (χ0n) is 16.1. The highest BCUT2D eigenvalue weighted by Gasteiger charge is 2.23. The molecule has 0 bridgehead atoms. The zero-order chi connectivity index (χ0) is 19.9. The molecule has 0 saturated carbocycles. The fourth-order valence-corrected chi connectivity index (χ4v) is 3.11. The Kier molecular flexibility index (Phi) is 6.47. The average Bonchev–Trinajstić information content (AvgIpc) is 3.14. The van der Waals surface area contributed by atoms with Gasteiger partial charge in [0.15, 0.2) is 17.5 Å². The van der Waals surface area contributed by atoms with Gasteiger partial charge in [-0.3, -0.25) is 9.79 Å². The van der Waals surface area contributed by atoms with E-state index in [4.69, 9.17) is 4.74 Å². The van der Waals surface area contributed by atoms with Gasteiger partial charge in [0.1, 0.15) is 6.10 Å². The number of carbonyl (C=O) groups excluding carboxylic acids is 1. The van der Waals surface area contributed by atoms with Crippen molar-refractivity contribution in [2.45, 2.75) is 19.4 Å². The van der Waals surface area contributed by atoms with Gasteiger partial charge in [0.25, 0.3) is 0 Å². The average molecular weight is 384 g/mol. The van der Waals surface area contributed by atoms with E-state index in [0.29, 0.717) is 19.0 Å². The zero-order valence-corrected chi connectivity index (χ0v) is 16.1. The predicted molar refractivity (Wildman–Crippen MR) is 108 cm³/mol. The van der Waals surface area contributed by atoms with Crippen molar-refractivity contribution in [3.8, 4) is 5.75 Å². The fourth-order valence-electron chi connectivity index (χ4n) is 3.11. The monoisotopic (exact) mass is 384 g/mol. The smallest absolute Gasteiger partial charge is 0.246 e. The van der Waals surface area contributed by atoms with E-state index in [-0.39, 0.29) is 24.3 Å². The van der Waals surface area contributed by atoms with Gasteiger partial charge in [0.05, 0.1) is 13.1 Å². The number of hydrogen-bond donors (Lipinski definition) is 2. The van der Waals surface area contributed by atoms with E-state index < -0.39 is 5.82 Å². The minimum atomic E-state index is -0.395. The molecule has 3 rings (SSSR count). The highest BCUT2D eigenvalue weighted by Crippen LogP contribution is 2.27. The molecule has 2 aromatic rings. The number of amides is 1. The lowest BCUT2D eigenvalue weighted by Gasteiger charge is -2.20. The van der Waals surface area contributed by atoms with Crippen LogP contribution in [0.2, 0.25) is 0 Å².